The molecule has 1 aliphatic heterocycles. The van der Waals surface area contributed by atoms with Gasteiger partial charge in [-0.1, -0.05) is 18.2 Å². The minimum Gasteiger partial charge on any atom is -0.475 e. The molecule has 0 aliphatic carbocycles. The topological polar surface area (TPSA) is 115 Å². The van der Waals surface area contributed by atoms with Crippen LogP contribution in [0, 0.1) is 24.0 Å². The zero-order chi connectivity index (χ0) is 19.7. The summed E-state index contributed by atoms with van der Waals surface area (Å²) in [6, 6.07) is 8.18. The summed E-state index contributed by atoms with van der Waals surface area (Å²) in [6.07, 6.45) is -0.825. The van der Waals surface area contributed by atoms with Crippen LogP contribution < -0.4 is 15.0 Å². The van der Waals surface area contributed by atoms with Crippen molar-refractivity contribution in [2.24, 2.45) is 0 Å². The molecule has 9 heteroatoms. The monoisotopic (exact) mass is 370 g/mol. The molecule has 0 fully saturated rings. The van der Waals surface area contributed by atoms with E-state index in [1.54, 1.807) is 6.92 Å². The van der Waals surface area contributed by atoms with Crippen molar-refractivity contribution in [3.63, 3.8) is 0 Å². The number of rotatable bonds is 4. The lowest BCUT2D eigenvalue weighted by Crippen LogP contribution is -2.48. The molecule has 0 bridgehead atoms. The summed E-state index contributed by atoms with van der Waals surface area (Å²) in [5.41, 5.74) is 2.45. The van der Waals surface area contributed by atoms with E-state index in [9.17, 15) is 19.7 Å². The Balaban J connectivity index is 1.89. The highest BCUT2D eigenvalue weighted by Gasteiger charge is 2.37. The second kappa shape index (κ2) is 7.02. The Kier molecular flexibility index (Phi) is 4.76. The lowest BCUT2D eigenvalue weighted by molar-refractivity contribution is -0.389. The number of aromatic nitrogens is 1. The quantitative estimate of drug-likeness (QED) is 0.653. The van der Waals surface area contributed by atoms with Crippen LogP contribution in [0.4, 0.5) is 17.3 Å². The Hall–Kier alpha value is -3.49. The first kappa shape index (κ1) is 18.3. The van der Waals surface area contributed by atoms with Crippen LogP contribution in [0.5, 0.6) is 5.75 Å². The van der Waals surface area contributed by atoms with Crippen molar-refractivity contribution in [2.75, 3.05) is 16.8 Å². The number of nitrogens with zero attached hydrogens (tertiary/aromatic N) is 3. The number of benzene rings is 1. The second-order valence-electron chi connectivity index (χ2n) is 6.25. The molecule has 0 radical (unpaired) electrons. The van der Waals surface area contributed by atoms with Gasteiger partial charge in [-0.25, -0.2) is 0 Å². The number of hydrogen-bond acceptors (Lipinski definition) is 6. The maximum Gasteiger partial charge on any atom is 0.366 e. The maximum atomic E-state index is 12.6. The molecule has 1 aromatic heterocycles. The smallest absolute Gasteiger partial charge is 0.366 e. The van der Waals surface area contributed by atoms with Crippen LogP contribution in [0.15, 0.2) is 30.3 Å². The highest BCUT2D eigenvalue weighted by atomic mass is 16.6. The van der Waals surface area contributed by atoms with Gasteiger partial charge in [-0.15, -0.1) is 0 Å². The number of ether oxygens (including phenoxy) is 1. The van der Waals surface area contributed by atoms with Crippen LogP contribution in [0.25, 0.3) is 0 Å². The van der Waals surface area contributed by atoms with E-state index in [2.05, 4.69) is 10.3 Å². The van der Waals surface area contributed by atoms with E-state index in [0.717, 1.165) is 16.0 Å². The van der Waals surface area contributed by atoms with E-state index in [-0.39, 0.29) is 18.1 Å². The third-order valence-electron chi connectivity index (χ3n) is 4.23. The number of para-hydroxylation sites is 1. The molecule has 1 atom stereocenters. The van der Waals surface area contributed by atoms with Crippen LogP contribution >= 0.6 is 0 Å². The molecule has 2 amide bonds. The second-order valence-corrected chi connectivity index (χ2v) is 6.25. The third-order valence-corrected chi connectivity index (χ3v) is 4.23. The zero-order valence-electron chi connectivity index (χ0n) is 15.1. The van der Waals surface area contributed by atoms with E-state index in [1.807, 2.05) is 32.0 Å². The number of carbonyl (C=O) groups is 2. The van der Waals surface area contributed by atoms with Crippen molar-refractivity contribution in [3.8, 4) is 5.75 Å². The molecular weight excluding hydrogens is 352 g/mol. The predicted octanol–water partition coefficient (Wildman–Crippen LogP) is 2.36. The standard InChI is InChI=1S/C18H18N4O5/c1-10-5-4-6-11(2)16(10)20-15(23)9-21-17-13(27-12(3)18(21)24)7-8-14(19-17)22(25)26/h4-8,12H,9H2,1-3H3,(H,20,23). The summed E-state index contributed by atoms with van der Waals surface area (Å²) in [6.45, 7) is 4.94. The van der Waals surface area contributed by atoms with Crippen molar-refractivity contribution >= 4 is 29.1 Å². The van der Waals surface area contributed by atoms with Gasteiger partial charge in [-0.05, 0) is 47.9 Å². The summed E-state index contributed by atoms with van der Waals surface area (Å²) < 4.78 is 5.44. The number of amides is 2. The summed E-state index contributed by atoms with van der Waals surface area (Å²) >= 11 is 0. The number of aryl methyl sites for hydroxylation is 2. The fraction of sp³-hybridized carbons (Fsp3) is 0.278. The van der Waals surface area contributed by atoms with Crippen molar-refractivity contribution in [3.05, 3.63) is 51.6 Å². The van der Waals surface area contributed by atoms with E-state index >= 15 is 0 Å². The molecule has 1 N–H and O–H groups in total. The first-order chi connectivity index (χ1) is 12.8. The highest BCUT2D eigenvalue weighted by molar-refractivity contribution is 6.05. The lowest BCUT2D eigenvalue weighted by atomic mass is 10.1. The number of nitrogens with one attached hydrogen (secondary N) is 1. The Morgan fingerprint density at radius 2 is 1.96 bits per heavy atom. The highest BCUT2D eigenvalue weighted by Crippen LogP contribution is 2.34. The zero-order valence-corrected chi connectivity index (χ0v) is 15.1. The third kappa shape index (κ3) is 3.57. The Morgan fingerprint density at radius 3 is 2.59 bits per heavy atom. The molecule has 2 aromatic rings. The SMILES string of the molecule is Cc1cccc(C)c1NC(=O)CN1C(=O)C(C)Oc2ccc([N+](=O)[O-])nc21. The van der Waals surface area contributed by atoms with Crippen molar-refractivity contribution in [2.45, 2.75) is 26.9 Å². The van der Waals surface area contributed by atoms with Gasteiger partial charge in [0.05, 0.1) is 0 Å². The first-order valence-corrected chi connectivity index (χ1v) is 8.27. The molecule has 0 saturated carbocycles. The minimum atomic E-state index is -0.825. The average molecular weight is 370 g/mol. The number of nitro groups is 1. The maximum absolute atomic E-state index is 12.6. The Labute approximate surface area is 155 Å². The lowest BCUT2D eigenvalue weighted by Gasteiger charge is -2.29. The van der Waals surface area contributed by atoms with Gasteiger partial charge in [-0.2, -0.15) is 0 Å². The molecule has 0 saturated heterocycles. The number of anilines is 2. The van der Waals surface area contributed by atoms with E-state index in [1.165, 1.54) is 12.1 Å². The molecule has 0 spiro atoms. The fourth-order valence-corrected chi connectivity index (χ4v) is 2.86. The molecule has 3 rings (SSSR count). The van der Waals surface area contributed by atoms with Crippen molar-refractivity contribution < 1.29 is 19.2 Å². The van der Waals surface area contributed by atoms with Crippen molar-refractivity contribution in [1.82, 2.24) is 4.98 Å². The molecule has 9 nitrogen and oxygen atoms in total. The molecule has 2 heterocycles. The molecule has 1 unspecified atom stereocenters. The van der Waals surface area contributed by atoms with E-state index in [4.69, 9.17) is 4.74 Å². The van der Waals surface area contributed by atoms with E-state index < -0.39 is 28.7 Å². The van der Waals surface area contributed by atoms with Gasteiger partial charge in [0.2, 0.25) is 5.91 Å². The summed E-state index contributed by atoms with van der Waals surface area (Å²) in [4.78, 5) is 40.4. The molecule has 1 aromatic carbocycles. The van der Waals surface area contributed by atoms with Crippen LogP contribution in [0.1, 0.15) is 18.1 Å². The van der Waals surface area contributed by atoms with Gasteiger partial charge in [0, 0.05) is 11.8 Å². The van der Waals surface area contributed by atoms with Gasteiger partial charge in [-0.3, -0.25) is 14.5 Å². The summed E-state index contributed by atoms with van der Waals surface area (Å²) in [5.74, 6) is -1.18. The molecule has 140 valence electrons. The normalized spacial score (nSPS) is 15.7. The van der Waals surface area contributed by atoms with Gasteiger partial charge < -0.3 is 20.2 Å². The molecule has 1 aliphatic rings. The number of carbonyl (C=O) groups excluding carboxylic acids is 2. The van der Waals surface area contributed by atoms with E-state index in [0.29, 0.717) is 5.69 Å². The number of pyridine rings is 1. The summed E-state index contributed by atoms with van der Waals surface area (Å²) in [7, 11) is 0. The van der Waals surface area contributed by atoms with Crippen LogP contribution in [0.3, 0.4) is 0 Å². The number of fused-ring (bicyclic) bond motifs is 1. The van der Waals surface area contributed by atoms with Gasteiger partial charge in [0.15, 0.2) is 11.9 Å². The average Bonchev–Trinajstić information content (AvgIpc) is 2.61. The van der Waals surface area contributed by atoms with Gasteiger partial charge in [0.1, 0.15) is 6.54 Å². The summed E-state index contributed by atoms with van der Waals surface area (Å²) in [5, 5.41) is 13.8. The van der Waals surface area contributed by atoms with Gasteiger partial charge >= 0.3 is 5.82 Å². The van der Waals surface area contributed by atoms with Crippen LogP contribution in [-0.2, 0) is 9.59 Å². The predicted molar refractivity (Wildman–Crippen MR) is 97.9 cm³/mol. The fourth-order valence-electron chi connectivity index (χ4n) is 2.86. The largest absolute Gasteiger partial charge is 0.475 e. The number of hydrogen-bond donors (Lipinski definition) is 1. The van der Waals surface area contributed by atoms with Gasteiger partial charge in [0.25, 0.3) is 11.7 Å². The first-order valence-electron chi connectivity index (χ1n) is 8.27. The molecular formula is C18H18N4O5. The van der Waals surface area contributed by atoms with Crippen molar-refractivity contribution in [1.29, 1.82) is 0 Å². The van der Waals surface area contributed by atoms with Crippen LogP contribution in [-0.4, -0.2) is 34.4 Å². The Morgan fingerprint density at radius 1 is 1.30 bits per heavy atom. The van der Waals surface area contributed by atoms with Crippen LogP contribution in [0.2, 0.25) is 0 Å². The minimum absolute atomic E-state index is 0.0380. The Bertz CT molecular complexity index is 923. The molecule has 27 heavy (non-hydrogen) atoms.